The summed E-state index contributed by atoms with van der Waals surface area (Å²) in [6.07, 6.45) is -2.78. The van der Waals surface area contributed by atoms with Gasteiger partial charge in [0, 0.05) is 38.6 Å². The van der Waals surface area contributed by atoms with E-state index in [1.807, 2.05) is 0 Å². The highest BCUT2D eigenvalue weighted by molar-refractivity contribution is 7.99. The van der Waals surface area contributed by atoms with Gasteiger partial charge >= 0.3 is 6.18 Å². The van der Waals surface area contributed by atoms with Gasteiger partial charge in [0.25, 0.3) is 0 Å². The lowest BCUT2D eigenvalue weighted by atomic mass is 10.0. The molecule has 2 heterocycles. The van der Waals surface area contributed by atoms with Crippen molar-refractivity contribution in [3.8, 4) is 0 Å². The minimum atomic E-state index is -4.31. The molecule has 2 rings (SSSR count). The summed E-state index contributed by atoms with van der Waals surface area (Å²) in [4.78, 5) is 13.4. The van der Waals surface area contributed by atoms with Crippen molar-refractivity contribution in [1.29, 1.82) is 0 Å². The van der Waals surface area contributed by atoms with Gasteiger partial charge in [-0.15, -0.1) is 0 Å². The SMILES string of the molecule is O=C(NCC(N1CCNCC1)C(F)(F)F)C1CCSCC1. The van der Waals surface area contributed by atoms with Gasteiger partial charge < -0.3 is 10.6 Å². The largest absolute Gasteiger partial charge is 0.405 e. The van der Waals surface area contributed by atoms with Crippen molar-refractivity contribution in [3.05, 3.63) is 0 Å². The monoisotopic (exact) mass is 325 g/mol. The Balaban J connectivity index is 1.87. The number of carbonyl (C=O) groups excluding carboxylic acids is 1. The molecule has 2 fully saturated rings. The Morgan fingerprint density at radius 3 is 2.48 bits per heavy atom. The molecule has 0 aliphatic carbocycles. The average Bonchev–Trinajstić information content (AvgIpc) is 2.48. The smallest absolute Gasteiger partial charge is 0.354 e. The number of nitrogens with one attached hydrogen (secondary N) is 2. The molecule has 1 amide bonds. The number of nitrogens with zero attached hydrogens (tertiary/aromatic N) is 1. The molecule has 1 atom stereocenters. The number of hydrogen-bond acceptors (Lipinski definition) is 4. The Labute approximate surface area is 127 Å². The molecule has 0 bridgehead atoms. The summed E-state index contributed by atoms with van der Waals surface area (Å²) in [6, 6.07) is -1.58. The van der Waals surface area contributed by atoms with E-state index in [2.05, 4.69) is 10.6 Å². The average molecular weight is 325 g/mol. The third kappa shape index (κ3) is 5.03. The third-order valence-corrected chi connectivity index (χ3v) is 5.08. The van der Waals surface area contributed by atoms with Crippen LogP contribution in [0.2, 0.25) is 0 Å². The van der Waals surface area contributed by atoms with Crippen LogP contribution in [0.25, 0.3) is 0 Å². The Kier molecular flexibility index (Phi) is 6.19. The van der Waals surface area contributed by atoms with Gasteiger partial charge in [0.15, 0.2) is 0 Å². The molecular formula is C13H22F3N3OS. The second kappa shape index (κ2) is 7.69. The highest BCUT2D eigenvalue weighted by atomic mass is 32.2. The lowest BCUT2D eigenvalue weighted by Gasteiger charge is -2.36. The molecule has 0 spiro atoms. The highest BCUT2D eigenvalue weighted by Crippen LogP contribution is 2.26. The molecule has 0 saturated carbocycles. The lowest BCUT2D eigenvalue weighted by molar-refractivity contribution is -0.184. The molecule has 2 saturated heterocycles. The van der Waals surface area contributed by atoms with Gasteiger partial charge in [0.05, 0.1) is 0 Å². The van der Waals surface area contributed by atoms with Crippen LogP contribution in [0.4, 0.5) is 13.2 Å². The van der Waals surface area contributed by atoms with E-state index in [9.17, 15) is 18.0 Å². The van der Waals surface area contributed by atoms with Crippen molar-refractivity contribution in [3.63, 3.8) is 0 Å². The number of hydrogen-bond donors (Lipinski definition) is 2. The van der Waals surface area contributed by atoms with Gasteiger partial charge in [-0.05, 0) is 24.3 Å². The fraction of sp³-hybridized carbons (Fsp3) is 0.923. The second-order valence-corrected chi connectivity index (χ2v) is 6.70. The fourth-order valence-electron chi connectivity index (χ4n) is 2.75. The van der Waals surface area contributed by atoms with Gasteiger partial charge in [0.1, 0.15) is 6.04 Å². The summed E-state index contributed by atoms with van der Waals surface area (Å²) in [7, 11) is 0. The van der Waals surface area contributed by atoms with Crippen molar-refractivity contribution in [2.75, 3.05) is 44.2 Å². The van der Waals surface area contributed by atoms with Gasteiger partial charge in [-0.1, -0.05) is 0 Å². The van der Waals surface area contributed by atoms with Gasteiger partial charge in [-0.25, -0.2) is 0 Å². The maximum absolute atomic E-state index is 13.2. The molecule has 0 aromatic heterocycles. The van der Waals surface area contributed by atoms with Crippen LogP contribution in [0.1, 0.15) is 12.8 Å². The predicted octanol–water partition coefficient (Wildman–Crippen LogP) is 1.08. The molecule has 1 unspecified atom stereocenters. The molecule has 2 N–H and O–H groups in total. The van der Waals surface area contributed by atoms with Crippen molar-refractivity contribution < 1.29 is 18.0 Å². The standard InChI is InChI=1S/C13H22F3N3OS/c14-13(15,16)11(19-5-3-17-4-6-19)9-18-12(20)10-1-7-21-8-2-10/h10-11,17H,1-9H2,(H,18,20). The molecule has 0 radical (unpaired) electrons. The van der Waals surface area contributed by atoms with E-state index in [-0.39, 0.29) is 18.4 Å². The quantitative estimate of drug-likeness (QED) is 0.812. The summed E-state index contributed by atoms with van der Waals surface area (Å²) in [5.74, 6) is 1.49. The maximum atomic E-state index is 13.2. The van der Waals surface area contributed by atoms with Crippen LogP contribution in [0.15, 0.2) is 0 Å². The predicted molar refractivity (Wildman–Crippen MR) is 77.3 cm³/mol. The van der Waals surface area contributed by atoms with E-state index in [0.29, 0.717) is 26.2 Å². The summed E-state index contributed by atoms with van der Waals surface area (Å²) >= 11 is 1.79. The van der Waals surface area contributed by atoms with Gasteiger partial charge in [0.2, 0.25) is 5.91 Å². The van der Waals surface area contributed by atoms with Crippen molar-refractivity contribution in [1.82, 2.24) is 15.5 Å². The van der Waals surface area contributed by atoms with Crippen LogP contribution >= 0.6 is 11.8 Å². The van der Waals surface area contributed by atoms with Crippen molar-refractivity contribution in [2.45, 2.75) is 25.1 Å². The van der Waals surface area contributed by atoms with Crippen LogP contribution in [-0.2, 0) is 4.79 Å². The molecule has 2 aliphatic heterocycles. The molecule has 2 aliphatic rings. The number of carbonyl (C=O) groups is 1. The first-order valence-corrected chi connectivity index (χ1v) is 8.51. The van der Waals surface area contributed by atoms with Crippen LogP contribution < -0.4 is 10.6 Å². The number of rotatable bonds is 4. The first-order chi connectivity index (χ1) is 9.98. The summed E-state index contributed by atoms with van der Waals surface area (Å²) in [5, 5.41) is 5.56. The Hall–Kier alpha value is -0.470. The summed E-state index contributed by atoms with van der Waals surface area (Å²) < 4.78 is 39.5. The molecule has 4 nitrogen and oxygen atoms in total. The summed E-state index contributed by atoms with van der Waals surface area (Å²) in [6.45, 7) is 1.49. The van der Waals surface area contributed by atoms with Crippen LogP contribution in [0.5, 0.6) is 0 Å². The zero-order valence-corrected chi connectivity index (χ0v) is 12.7. The number of halogens is 3. The number of thioether (sulfide) groups is 1. The Morgan fingerprint density at radius 1 is 1.29 bits per heavy atom. The number of amides is 1. The van der Waals surface area contributed by atoms with Crippen molar-refractivity contribution in [2.24, 2.45) is 5.92 Å². The molecule has 0 aromatic rings. The molecule has 21 heavy (non-hydrogen) atoms. The Morgan fingerprint density at radius 2 is 1.90 bits per heavy atom. The third-order valence-electron chi connectivity index (χ3n) is 4.03. The lowest BCUT2D eigenvalue weighted by Crippen LogP contribution is -2.57. The first kappa shape index (κ1) is 16.9. The van der Waals surface area contributed by atoms with E-state index in [1.165, 1.54) is 4.90 Å². The van der Waals surface area contributed by atoms with Crippen molar-refractivity contribution >= 4 is 17.7 Å². The molecular weight excluding hydrogens is 303 g/mol. The second-order valence-electron chi connectivity index (χ2n) is 5.48. The Bertz CT molecular complexity index is 342. The highest BCUT2D eigenvalue weighted by Gasteiger charge is 2.44. The van der Waals surface area contributed by atoms with E-state index in [1.54, 1.807) is 11.8 Å². The first-order valence-electron chi connectivity index (χ1n) is 7.35. The normalized spacial score (nSPS) is 23.8. The fourth-order valence-corrected chi connectivity index (χ4v) is 3.85. The number of piperazine rings is 1. The number of alkyl halides is 3. The van der Waals surface area contributed by atoms with Crippen LogP contribution in [0.3, 0.4) is 0 Å². The van der Waals surface area contributed by atoms with Gasteiger partial charge in [-0.2, -0.15) is 24.9 Å². The van der Waals surface area contributed by atoms with E-state index >= 15 is 0 Å². The van der Waals surface area contributed by atoms with Crippen LogP contribution in [-0.4, -0.2) is 67.3 Å². The molecule has 122 valence electrons. The van der Waals surface area contributed by atoms with Gasteiger partial charge in [-0.3, -0.25) is 9.69 Å². The zero-order chi connectivity index (χ0) is 15.3. The maximum Gasteiger partial charge on any atom is 0.405 e. The minimum absolute atomic E-state index is 0.122. The molecule has 8 heteroatoms. The zero-order valence-electron chi connectivity index (χ0n) is 11.9. The van der Waals surface area contributed by atoms with Crippen LogP contribution in [0, 0.1) is 5.92 Å². The minimum Gasteiger partial charge on any atom is -0.354 e. The van der Waals surface area contributed by atoms with E-state index in [0.717, 1.165) is 24.3 Å². The summed E-state index contributed by atoms with van der Waals surface area (Å²) in [5.41, 5.74) is 0. The topological polar surface area (TPSA) is 44.4 Å². The van der Waals surface area contributed by atoms with E-state index in [4.69, 9.17) is 0 Å². The molecule has 0 aromatic carbocycles. The van der Waals surface area contributed by atoms with E-state index < -0.39 is 12.2 Å².